The van der Waals surface area contributed by atoms with Crippen molar-refractivity contribution in [3.63, 3.8) is 0 Å². The SMILES string of the molecule is CC(C)c1csc(NC(=O)c2n[nH]c3c2CNCC3)n1. The van der Waals surface area contributed by atoms with Crippen LogP contribution in [0, 0.1) is 0 Å². The van der Waals surface area contributed by atoms with Crippen molar-refractivity contribution >= 4 is 22.4 Å². The molecular weight excluding hydrogens is 274 g/mol. The molecule has 106 valence electrons. The molecule has 0 radical (unpaired) electrons. The molecule has 7 heteroatoms. The molecule has 2 aromatic rings. The number of thiazole rings is 1. The standard InChI is InChI=1S/C13H17N5OS/c1-7(2)10-6-20-13(15-10)16-12(19)11-8-5-14-4-3-9(8)17-18-11/h6-7,14H,3-5H2,1-2H3,(H,17,18)(H,15,16,19). The zero-order valence-corrected chi connectivity index (χ0v) is 12.3. The van der Waals surface area contributed by atoms with Crippen LogP contribution in [0.3, 0.4) is 0 Å². The fraction of sp³-hybridized carbons (Fsp3) is 0.462. The minimum absolute atomic E-state index is 0.198. The number of carbonyl (C=O) groups is 1. The van der Waals surface area contributed by atoms with Gasteiger partial charge in [0, 0.05) is 36.1 Å². The molecule has 3 rings (SSSR count). The molecule has 2 aromatic heterocycles. The number of hydrogen-bond donors (Lipinski definition) is 3. The van der Waals surface area contributed by atoms with Gasteiger partial charge in [-0.05, 0) is 5.92 Å². The molecule has 0 spiro atoms. The maximum atomic E-state index is 12.3. The number of rotatable bonds is 3. The minimum atomic E-state index is -0.198. The summed E-state index contributed by atoms with van der Waals surface area (Å²) in [7, 11) is 0. The van der Waals surface area contributed by atoms with Crippen LogP contribution in [0.4, 0.5) is 5.13 Å². The molecule has 3 N–H and O–H groups in total. The van der Waals surface area contributed by atoms with Crippen molar-refractivity contribution in [1.29, 1.82) is 0 Å². The van der Waals surface area contributed by atoms with Gasteiger partial charge in [-0.2, -0.15) is 5.10 Å². The van der Waals surface area contributed by atoms with Gasteiger partial charge in [0.15, 0.2) is 10.8 Å². The number of H-pyrrole nitrogens is 1. The molecule has 0 fully saturated rings. The summed E-state index contributed by atoms with van der Waals surface area (Å²) in [4.78, 5) is 16.7. The lowest BCUT2D eigenvalue weighted by Gasteiger charge is -2.12. The summed E-state index contributed by atoms with van der Waals surface area (Å²) in [6.45, 7) is 5.76. The van der Waals surface area contributed by atoms with E-state index in [1.807, 2.05) is 5.38 Å². The van der Waals surface area contributed by atoms with Gasteiger partial charge in [0.05, 0.1) is 5.69 Å². The zero-order chi connectivity index (χ0) is 14.1. The molecule has 1 aliphatic heterocycles. The van der Waals surface area contributed by atoms with Gasteiger partial charge in [0.1, 0.15) is 0 Å². The molecule has 20 heavy (non-hydrogen) atoms. The Kier molecular flexibility index (Phi) is 3.54. The molecule has 3 heterocycles. The van der Waals surface area contributed by atoms with Gasteiger partial charge in [0.2, 0.25) is 0 Å². The van der Waals surface area contributed by atoms with Gasteiger partial charge in [0.25, 0.3) is 5.91 Å². The maximum Gasteiger partial charge on any atom is 0.278 e. The third-order valence-corrected chi connectivity index (χ3v) is 4.13. The molecule has 0 bridgehead atoms. The van der Waals surface area contributed by atoms with E-state index in [9.17, 15) is 4.79 Å². The van der Waals surface area contributed by atoms with Gasteiger partial charge in [-0.3, -0.25) is 15.2 Å². The van der Waals surface area contributed by atoms with Crippen molar-refractivity contribution in [2.45, 2.75) is 32.7 Å². The van der Waals surface area contributed by atoms with Gasteiger partial charge in [-0.15, -0.1) is 11.3 Å². The van der Waals surface area contributed by atoms with Crippen LogP contribution in [-0.4, -0.2) is 27.6 Å². The zero-order valence-electron chi connectivity index (χ0n) is 11.5. The van der Waals surface area contributed by atoms with E-state index in [0.717, 1.165) is 29.9 Å². The average Bonchev–Trinajstić information content (AvgIpc) is 3.04. The molecule has 6 nitrogen and oxygen atoms in total. The molecule has 0 aliphatic carbocycles. The number of fused-ring (bicyclic) bond motifs is 1. The largest absolute Gasteiger partial charge is 0.312 e. The predicted molar refractivity (Wildman–Crippen MR) is 78.2 cm³/mol. The molecule has 1 amide bonds. The first-order chi connectivity index (χ1) is 9.65. The summed E-state index contributed by atoms with van der Waals surface area (Å²) in [6, 6.07) is 0. The summed E-state index contributed by atoms with van der Waals surface area (Å²) in [5.41, 5.74) is 3.48. The molecule has 0 saturated carbocycles. The molecule has 1 aliphatic rings. The van der Waals surface area contributed by atoms with Crippen LogP contribution in [0.1, 0.15) is 47.2 Å². The van der Waals surface area contributed by atoms with E-state index in [1.54, 1.807) is 0 Å². The third-order valence-electron chi connectivity index (χ3n) is 3.36. The molecule has 0 saturated heterocycles. The summed E-state index contributed by atoms with van der Waals surface area (Å²) in [6.07, 6.45) is 0.879. The Labute approximate surface area is 121 Å². The van der Waals surface area contributed by atoms with E-state index in [2.05, 4.69) is 39.7 Å². The van der Waals surface area contributed by atoms with Gasteiger partial charge >= 0.3 is 0 Å². The summed E-state index contributed by atoms with van der Waals surface area (Å²) in [5, 5.41) is 15.8. The monoisotopic (exact) mass is 291 g/mol. The van der Waals surface area contributed by atoms with Crippen molar-refractivity contribution in [3.8, 4) is 0 Å². The first-order valence-electron chi connectivity index (χ1n) is 6.68. The number of anilines is 1. The molecular formula is C13H17N5OS. The van der Waals surface area contributed by atoms with Crippen molar-refractivity contribution in [2.75, 3.05) is 11.9 Å². The number of nitrogens with zero attached hydrogens (tertiary/aromatic N) is 2. The van der Waals surface area contributed by atoms with Crippen LogP contribution >= 0.6 is 11.3 Å². The Bertz CT molecular complexity index is 630. The van der Waals surface area contributed by atoms with Gasteiger partial charge < -0.3 is 5.32 Å². The highest BCUT2D eigenvalue weighted by Gasteiger charge is 2.22. The van der Waals surface area contributed by atoms with Crippen LogP contribution in [0.25, 0.3) is 0 Å². The van der Waals surface area contributed by atoms with Crippen molar-refractivity contribution in [3.05, 3.63) is 28.0 Å². The Morgan fingerprint density at radius 1 is 1.50 bits per heavy atom. The van der Waals surface area contributed by atoms with Crippen molar-refractivity contribution in [2.24, 2.45) is 0 Å². The number of aromatic nitrogens is 3. The topological polar surface area (TPSA) is 82.7 Å². The Balaban J connectivity index is 1.77. The number of nitrogens with one attached hydrogen (secondary N) is 3. The summed E-state index contributed by atoms with van der Waals surface area (Å²) >= 11 is 1.44. The number of aromatic amines is 1. The quantitative estimate of drug-likeness (QED) is 0.806. The second-order valence-corrected chi connectivity index (χ2v) is 6.00. The minimum Gasteiger partial charge on any atom is -0.312 e. The van der Waals surface area contributed by atoms with Crippen LogP contribution < -0.4 is 10.6 Å². The fourth-order valence-corrected chi connectivity index (χ4v) is 3.05. The average molecular weight is 291 g/mol. The highest BCUT2D eigenvalue weighted by Crippen LogP contribution is 2.23. The normalized spacial score (nSPS) is 14.3. The lowest BCUT2D eigenvalue weighted by Crippen LogP contribution is -2.25. The van der Waals surface area contributed by atoms with Crippen LogP contribution in [-0.2, 0) is 13.0 Å². The fourth-order valence-electron chi connectivity index (χ4n) is 2.18. The van der Waals surface area contributed by atoms with Crippen LogP contribution in [0.15, 0.2) is 5.38 Å². The third kappa shape index (κ3) is 2.46. The molecule has 0 aromatic carbocycles. The number of amides is 1. The van der Waals surface area contributed by atoms with E-state index in [4.69, 9.17) is 0 Å². The van der Waals surface area contributed by atoms with Crippen LogP contribution in [0.5, 0.6) is 0 Å². The molecule has 0 unspecified atom stereocenters. The lowest BCUT2D eigenvalue weighted by molar-refractivity contribution is 0.102. The smallest absolute Gasteiger partial charge is 0.278 e. The van der Waals surface area contributed by atoms with E-state index in [-0.39, 0.29) is 5.91 Å². The number of hydrogen-bond acceptors (Lipinski definition) is 5. The van der Waals surface area contributed by atoms with E-state index in [0.29, 0.717) is 23.3 Å². The Morgan fingerprint density at radius 3 is 3.10 bits per heavy atom. The van der Waals surface area contributed by atoms with E-state index >= 15 is 0 Å². The van der Waals surface area contributed by atoms with E-state index in [1.165, 1.54) is 11.3 Å². The van der Waals surface area contributed by atoms with Gasteiger partial charge in [-0.25, -0.2) is 4.98 Å². The highest BCUT2D eigenvalue weighted by atomic mass is 32.1. The highest BCUT2D eigenvalue weighted by molar-refractivity contribution is 7.14. The predicted octanol–water partition coefficient (Wildman–Crippen LogP) is 1.89. The Hall–Kier alpha value is -1.73. The first-order valence-corrected chi connectivity index (χ1v) is 7.56. The maximum absolute atomic E-state index is 12.3. The number of carbonyl (C=O) groups excluding carboxylic acids is 1. The van der Waals surface area contributed by atoms with Crippen molar-refractivity contribution < 1.29 is 4.79 Å². The second-order valence-electron chi connectivity index (χ2n) is 5.14. The van der Waals surface area contributed by atoms with Gasteiger partial charge in [-0.1, -0.05) is 13.8 Å². The van der Waals surface area contributed by atoms with Crippen molar-refractivity contribution in [1.82, 2.24) is 20.5 Å². The Morgan fingerprint density at radius 2 is 2.35 bits per heavy atom. The summed E-state index contributed by atoms with van der Waals surface area (Å²) in [5.74, 6) is 0.162. The lowest BCUT2D eigenvalue weighted by atomic mass is 10.1. The van der Waals surface area contributed by atoms with E-state index < -0.39 is 0 Å². The first kappa shape index (κ1) is 13.3. The second kappa shape index (κ2) is 5.34. The van der Waals surface area contributed by atoms with Crippen LogP contribution in [0.2, 0.25) is 0 Å². The molecule has 0 atom stereocenters. The summed E-state index contributed by atoms with van der Waals surface area (Å²) < 4.78 is 0.